The first-order valence-corrected chi connectivity index (χ1v) is 9.96. The highest BCUT2D eigenvalue weighted by molar-refractivity contribution is 8.00. The van der Waals surface area contributed by atoms with Gasteiger partial charge in [0.15, 0.2) is 0 Å². The molecule has 0 spiro atoms. The smallest absolute Gasteiger partial charge is 0.224 e. The van der Waals surface area contributed by atoms with Gasteiger partial charge in [0, 0.05) is 33.8 Å². The minimum Gasteiger partial charge on any atom is -0.326 e. The number of benzene rings is 1. The van der Waals surface area contributed by atoms with Crippen molar-refractivity contribution >= 4 is 23.4 Å². The van der Waals surface area contributed by atoms with Crippen LogP contribution in [-0.4, -0.2) is 22.7 Å². The normalized spacial score (nSPS) is 26.4. The van der Waals surface area contributed by atoms with E-state index in [0.717, 1.165) is 24.1 Å². The van der Waals surface area contributed by atoms with Crippen molar-refractivity contribution in [3.63, 3.8) is 0 Å². The van der Waals surface area contributed by atoms with Crippen molar-refractivity contribution in [2.24, 2.45) is 5.92 Å². The molecule has 3 nitrogen and oxygen atoms in total. The molecule has 1 aromatic carbocycles. The lowest BCUT2D eigenvalue weighted by atomic mass is 9.89. The second kappa shape index (κ2) is 7.09. The highest BCUT2D eigenvalue weighted by atomic mass is 32.2. The molecular formula is C20H30N2OS. The molecule has 2 aliphatic rings. The summed E-state index contributed by atoms with van der Waals surface area (Å²) in [6, 6.07) is 7.64. The van der Waals surface area contributed by atoms with Gasteiger partial charge < -0.3 is 10.6 Å². The van der Waals surface area contributed by atoms with Crippen LogP contribution in [0.25, 0.3) is 0 Å². The number of aryl methyl sites for hydroxylation is 1. The Kier molecular flexibility index (Phi) is 5.26. The second-order valence-corrected chi connectivity index (χ2v) is 10.3. The van der Waals surface area contributed by atoms with Crippen LogP contribution in [0.15, 0.2) is 23.1 Å². The first kappa shape index (κ1) is 17.8. The van der Waals surface area contributed by atoms with E-state index in [9.17, 15) is 4.79 Å². The van der Waals surface area contributed by atoms with Crippen LogP contribution in [0.3, 0.4) is 0 Å². The molecule has 4 heteroatoms. The van der Waals surface area contributed by atoms with Crippen LogP contribution in [0.4, 0.5) is 5.69 Å². The number of piperidine rings is 1. The first-order chi connectivity index (χ1) is 11.3. The summed E-state index contributed by atoms with van der Waals surface area (Å²) in [5.74, 6) is 0.709. The summed E-state index contributed by atoms with van der Waals surface area (Å²) in [6.45, 7) is 8.73. The number of carbonyl (C=O) groups is 1. The van der Waals surface area contributed by atoms with E-state index >= 15 is 0 Å². The Hall–Kier alpha value is -1.00. The van der Waals surface area contributed by atoms with E-state index in [1.807, 2.05) is 17.8 Å². The molecule has 2 N–H and O–H groups in total. The third-order valence-corrected chi connectivity index (χ3v) is 6.04. The molecule has 2 atom stereocenters. The number of nitrogens with one attached hydrogen (secondary N) is 2. The summed E-state index contributed by atoms with van der Waals surface area (Å²) in [6.07, 6.45) is 5.55. The average Bonchev–Trinajstić information content (AvgIpc) is 2.79. The molecule has 1 amide bonds. The number of hydrogen-bond acceptors (Lipinski definition) is 3. The maximum atomic E-state index is 12.4. The highest BCUT2D eigenvalue weighted by Gasteiger charge is 2.34. The molecule has 3 rings (SSSR count). The van der Waals surface area contributed by atoms with Crippen molar-refractivity contribution < 1.29 is 4.79 Å². The molecule has 0 radical (unpaired) electrons. The van der Waals surface area contributed by atoms with E-state index in [0.29, 0.717) is 24.4 Å². The molecule has 24 heavy (non-hydrogen) atoms. The number of fused-ring (bicyclic) bond motifs is 2. The fourth-order valence-electron chi connectivity index (χ4n) is 4.00. The van der Waals surface area contributed by atoms with E-state index in [1.165, 1.54) is 17.7 Å². The van der Waals surface area contributed by atoms with Crippen molar-refractivity contribution in [1.82, 2.24) is 5.32 Å². The van der Waals surface area contributed by atoms with Gasteiger partial charge in [-0.3, -0.25) is 4.79 Å². The fourth-order valence-corrected chi connectivity index (χ4v) is 5.08. The Labute approximate surface area is 150 Å². The molecule has 0 aliphatic carbocycles. The van der Waals surface area contributed by atoms with E-state index < -0.39 is 0 Å². The predicted molar refractivity (Wildman–Crippen MR) is 103 cm³/mol. The van der Waals surface area contributed by atoms with Gasteiger partial charge in [0.05, 0.1) is 0 Å². The van der Waals surface area contributed by atoms with Gasteiger partial charge in [-0.25, -0.2) is 0 Å². The van der Waals surface area contributed by atoms with Gasteiger partial charge in [0.1, 0.15) is 0 Å². The lowest BCUT2D eigenvalue weighted by Gasteiger charge is -2.28. The zero-order valence-electron chi connectivity index (χ0n) is 15.3. The van der Waals surface area contributed by atoms with Crippen molar-refractivity contribution in [2.75, 3.05) is 5.32 Å². The van der Waals surface area contributed by atoms with Gasteiger partial charge in [-0.05, 0) is 62.3 Å². The zero-order chi connectivity index (χ0) is 17.3. The topological polar surface area (TPSA) is 41.1 Å². The third kappa shape index (κ3) is 4.76. The monoisotopic (exact) mass is 346 g/mol. The molecule has 2 bridgehead atoms. The van der Waals surface area contributed by atoms with Crippen LogP contribution in [0, 0.1) is 12.8 Å². The number of hydrogen-bond donors (Lipinski definition) is 2. The Morgan fingerprint density at radius 3 is 2.50 bits per heavy atom. The molecule has 0 saturated carbocycles. The van der Waals surface area contributed by atoms with E-state index in [1.54, 1.807) is 0 Å². The summed E-state index contributed by atoms with van der Waals surface area (Å²) in [5.41, 5.74) is 2.10. The Morgan fingerprint density at radius 1 is 1.25 bits per heavy atom. The first-order valence-electron chi connectivity index (χ1n) is 9.14. The fraction of sp³-hybridized carbons (Fsp3) is 0.650. The summed E-state index contributed by atoms with van der Waals surface area (Å²) in [4.78, 5) is 13.7. The molecule has 0 aromatic heterocycles. The summed E-state index contributed by atoms with van der Waals surface area (Å²) in [7, 11) is 0. The Balaban J connectivity index is 1.56. The van der Waals surface area contributed by atoms with Crippen LogP contribution in [-0.2, 0) is 4.79 Å². The highest BCUT2D eigenvalue weighted by Crippen LogP contribution is 2.35. The zero-order valence-corrected chi connectivity index (χ0v) is 16.1. The SMILES string of the molecule is Cc1cc(SC(C)(C)C)ccc1NC(=O)CC1CC2CCC(C1)N2. The maximum Gasteiger partial charge on any atom is 0.224 e. The molecule has 2 fully saturated rings. The minimum absolute atomic E-state index is 0.167. The van der Waals surface area contributed by atoms with Crippen LogP contribution in [0.5, 0.6) is 0 Å². The van der Waals surface area contributed by atoms with Crippen LogP contribution in [0.1, 0.15) is 58.4 Å². The molecule has 2 unspecified atom stereocenters. The molecule has 2 aliphatic heterocycles. The summed E-state index contributed by atoms with van der Waals surface area (Å²) < 4.78 is 0.200. The van der Waals surface area contributed by atoms with Crippen molar-refractivity contribution in [3.05, 3.63) is 23.8 Å². The summed E-state index contributed by atoms with van der Waals surface area (Å²) >= 11 is 1.86. The third-order valence-electron chi connectivity index (χ3n) is 4.94. The van der Waals surface area contributed by atoms with Crippen molar-refractivity contribution in [2.45, 2.75) is 81.5 Å². The lowest BCUT2D eigenvalue weighted by molar-refractivity contribution is -0.117. The van der Waals surface area contributed by atoms with Gasteiger partial charge in [-0.2, -0.15) is 0 Å². The Bertz CT molecular complexity index is 596. The van der Waals surface area contributed by atoms with Gasteiger partial charge in [0.2, 0.25) is 5.91 Å². The van der Waals surface area contributed by atoms with E-state index in [2.05, 4.69) is 50.5 Å². The maximum absolute atomic E-state index is 12.4. The van der Waals surface area contributed by atoms with Gasteiger partial charge in [0.25, 0.3) is 0 Å². The molecule has 1 aromatic rings. The van der Waals surface area contributed by atoms with E-state index in [-0.39, 0.29) is 10.7 Å². The standard InChI is InChI=1S/C20H30N2OS/c1-13-9-17(24-20(2,3)4)7-8-18(13)22-19(23)12-14-10-15-5-6-16(11-14)21-15/h7-9,14-16,21H,5-6,10-12H2,1-4H3,(H,22,23). The quantitative estimate of drug-likeness (QED) is 0.773. The number of amides is 1. The lowest BCUT2D eigenvalue weighted by Crippen LogP contribution is -2.39. The number of thioether (sulfide) groups is 1. The average molecular weight is 347 g/mol. The number of anilines is 1. The predicted octanol–water partition coefficient (Wildman–Crippen LogP) is 4.74. The number of carbonyl (C=O) groups excluding carboxylic acids is 1. The van der Waals surface area contributed by atoms with Crippen LogP contribution < -0.4 is 10.6 Å². The largest absolute Gasteiger partial charge is 0.326 e. The molecule has 132 valence electrons. The second-order valence-electron chi connectivity index (χ2n) is 8.42. The summed E-state index contributed by atoms with van der Waals surface area (Å²) in [5, 5.41) is 6.77. The molecule has 2 saturated heterocycles. The van der Waals surface area contributed by atoms with Crippen LogP contribution in [0.2, 0.25) is 0 Å². The van der Waals surface area contributed by atoms with E-state index in [4.69, 9.17) is 0 Å². The van der Waals surface area contributed by atoms with Gasteiger partial charge >= 0.3 is 0 Å². The Morgan fingerprint density at radius 2 is 1.92 bits per heavy atom. The van der Waals surface area contributed by atoms with Gasteiger partial charge in [-0.1, -0.05) is 20.8 Å². The minimum atomic E-state index is 0.167. The van der Waals surface area contributed by atoms with Crippen molar-refractivity contribution in [3.8, 4) is 0 Å². The van der Waals surface area contributed by atoms with Crippen molar-refractivity contribution in [1.29, 1.82) is 0 Å². The molecule has 2 heterocycles. The number of rotatable bonds is 4. The molecular weight excluding hydrogens is 316 g/mol. The van der Waals surface area contributed by atoms with Gasteiger partial charge in [-0.15, -0.1) is 11.8 Å². The van der Waals surface area contributed by atoms with Crippen LogP contribution >= 0.6 is 11.8 Å².